The van der Waals surface area contributed by atoms with Crippen molar-refractivity contribution in [1.82, 2.24) is 0 Å². The standard InChI is InChI=1S/C12H20O8/c1-12(2-3-18-7(14)4-12)20-11-10(17)9(16)8(15)6(5-13)19-11/h6,8-11,13,15-17H,2-5H2,1H3/t6-,8-,9+,10-,11-,12-/m1/s1. The van der Waals surface area contributed by atoms with Crippen LogP contribution in [0.4, 0.5) is 0 Å². The summed E-state index contributed by atoms with van der Waals surface area (Å²) in [5, 5.41) is 38.3. The Morgan fingerprint density at radius 3 is 2.60 bits per heavy atom. The summed E-state index contributed by atoms with van der Waals surface area (Å²) >= 11 is 0. The first kappa shape index (κ1) is 15.6. The van der Waals surface area contributed by atoms with E-state index in [9.17, 15) is 20.1 Å². The number of ether oxygens (including phenoxy) is 3. The van der Waals surface area contributed by atoms with Gasteiger partial charge in [-0.1, -0.05) is 0 Å². The first-order chi connectivity index (χ1) is 9.36. The third-order valence-electron chi connectivity index (χ3n) is 3.66. The summed E-state index contributed by atoms with van der Waals surface area (Å²) in [6.07, 6.45) is -6.24. The molecule has 0 aliphatic carbocycles. The van der Waals surface area contributed by atoms with Crippen LogP contribution in [-0.2, 0) is 19.0 Å². The zero-order valence-corrected chi connectivity index (χ0v) is 11.1. The highest BCUT2D eigenvalue weighted by Crippen LogP contribution is 2.31. The molecule has 0 saturated carbocycles. The van der Waals surface area contributed by atoms with Crippen molar-refractivity contribution in [3.63, 3.8) is 0 Å². The predicted octanol–water partition coefficient (Wildman–Crippen LogP) is -2.10. The molecule has 2 aliphatic rings. The van der Waals surface area contributed by atoms with Crippen molar-refractivity contribution in [2.75, 3.05) is 13.2 Å². The largest absolute Gasteiger partial charge is 0.465 e. The summed E-state index contributed by atoms with van der Waals surface area (Å²) in [5.74, 6) is -0.414. The summed E-state index contributed by atoms with van der Waals surface area (Å²) in [4.78, 5) is 11.3. The molecule has 0 amide bonds. The minimum Gasteiger partial charge on any atom is -0.465 e. The molecule has 0 spiro atoms. The lowest BCUT2D eigenvalue weighted by Crippen LogP contribution is -2.61. The van der Waals surface area contributed by atoms with E-state index in [4.69, 9.17) is 19.3 Å². The minimum atomic E-state index is -1.50. The van der Waals surface area contributed by atoms with Gasteiger partial charge in [-0.15, -0.1) is 0 Å². The van der Waals surface area contributed by atoms with E-state index < -0.39 is 48.9 Å². The topological polar surface area (TPSA) is 126 Å². The number of aliphatic hydroxyl groups is 4. The minimum absolute atomic E-state index is 0.00200. The highest BCUT2D eigenvalue weighted by Gasteiger charge is 2.47. The van der Waals surface area contributed by atoms with Crippen LogP contribution in [0.15, 0.2) is 0 Å². The molecule has 2 saturated heterocycles. The number of aliphatic hydroxyl groups excluding tert-OH is 4. The fraction of sp³-hybridized carbons (Fsp3) is 0.917. The molecule has 2 heterocycles. The zero-order valence-electron chi connectivity index (χ0n) is 11.1. The van der Waals surface area contributed by atoms with Crippen LogP contribution >= 0.6 is 0 Å². The van der Waals surface area contributed by atoms with Gasteiger partial charge < -0.3 is 34.6 Å². The smallest absolute Gasteiger partial charge is 0.308 e. The van der Waals surface area contributed by atoms with Crippen molar-refractivity contribution in [1.29, 1.82) is 0 Å². The van der Waals surface area contributed by atoms with Gasteiger partial charge in [0.2, 0.25) is 0 Å². The average molecular weight is 292 g/mol. The first-order valence-electron chi connectivity index (χ1n) is 6.50. The van der Waals surface area contributed by atoms with E-state index in [0.717, 1.165) is 0 Å². The molecule has 0 aromatic heterocycles. The summed E-state index contributed by atoms with van der Waals surface area (Å²) < 4.78 is 15.7. The van der Waals surface area contributed by atoms with Gasteiger partial charge in [-0.2, -0.15) is 0 Å². The molecule has 2 rings (SSSR count). The number of hydrogen-bond acceptors (Lipinski definition) is 8. The first-order valence-corrected chi connectivity index (χ1v) is 6.50. The Labute approximate surface area is 115 Å². The third-order valence-corrected chi connectivity index (χ3v) is 3.66. The van der Waals surface area contributed by atoms with Crippen molar-refractivity contribution in [3.8, 4) is 0 Å². The molecule has 8 heteroatoms. The molecule has 0 bridgehead atoms. The Hall–Kier alpha value is -0.770. The molecule has 20 heavy (non-hydrogen) atoms. The molecular weight excluding hydrogens is 272 g/mol. The third kappa shape index (κ3) is 3.11. The maximum Gasteiger partial charge on any atom is 0.308 e. The Morgan fingerprint density at radius 2 is 2.00 bits per heavy atom. The summed E-state index contributed by atoms with van der Waals surface area (Å²) in [6.45, 7) is 1.35. The maximum absolute atomic E-state index is 11.3. The summed E-state index contributed by atoms with van der Waals surface area (Å²) in [5.41, 5.74) is -0.886. The quantitative estimate of drug-likeness (QED) is 0.436. The van der Waals surface area contributed by atoms with Crippen molar-refractivity contribution >= 4 is 5.97 Å². The molecule has 2 fully saturated rings. The Kier molecular flexibility index (Phi) is 4.62. The van der Waals surface area contributed by atoms with E-state index in [-0.39, 0.29) is 13.0 Å². The van der Waals surface area contributed by atoms with Crippen LogP contribution < -0.4 is 0 Å². The van der Waals surface area contributed by atoms with Crippen LogP contribution in [0, 0.1) is 0 Å². The van der Waals surface area contributed by atoms with E-state index in [1.54, 1.807) is 6.92 Å². The van der Waals surface area contributed by atoms with Gasteiger partial charge in [0, 0.05) is 6.42 Å². The van der Waals surface area contributed by atoms with E-state index in [2.05, 4.69) is 0 Å². The fourth-order valence-corrected chi connectivity index (χ4v) is 2.37. The van der Waals surface area contributed by atoms with Crippen LogP contribution in [-0.4, -0.2) is 75.9 Å². The van der Waals surface area contributed by atoms with Gasteiger partial charge in [-0.05, 0) is 6.92 Å². The molecule has 0 aromatic rings. The number of carbonyl (C=O) groups excluding carboxylic acids is 1. The Balaban J connectivity index is 2.05. The zero-order chi connectivity index (χ0) is 14.9. The lowest BCUT2D eigenvalue weighted by molar-refractivity contribution is -0.328. The molecule has 8 nitrogen and oxygen atoms in total. The highest BCUT2D eigenvalue weighted by atomic mass is 16.7. The average Bonchev–Trinajstić information content (AvgIpc) is 2.39. The molecule has 116 valence electrons. The fourth-order valence-electron chi connectivity index (χ4n) is 2.37. The van der Waals surface area contributed by atoms with E-state index in [1.165, 1.54) is 0 Å². The second-order valence-corrected chi connectivity index (χ2v) is 5.41. The van der Waals surface area contributed by atoms with Crippen LogP contribution in [0.5, 0.6) is 0 Å². The van der Waals surface area contributed by atoms with Crippen LogP contribution in [0.1, 0.15) is 19.8 Å². The van der Waals surface area contributed by atoms with Crippen LogP contribution in [0.3, 0.4) is 0 Å². The van der Waals surface area contributed by atoms with E-state index in [0.29, 0.717) is 6.42 Å². The molecule has 6 atom stereocenters. The van der Waals surface area contributed by atoms with E-state index in [1.807, 2.05) is 0 Å². The second kappa shape index (κ2) is 5.92. The normalized spacial score (nSPS) is 46.0. The van der Waals surface area contributed by atoms with Gasteiger partial charge >= 0.3 is 5.97 Å². The Morgan fingerprint density at radius 1 is 1.30 bits per heavy atom. The number of rotatable bonds is 3. The van der Waals surface area contributed by atoms with Gasteiger partial charge in [-0.3, -0.25) is 4.79 Å². The molecule has 2 aliphatic heterocycles. The molecule has 0 radical (unpaired) electrons. The molecule has 0 aromatic carbocycles. The lowest BCUT2D eigenvalue weighted by atomic mass is 9.95. The number of cyclic esters (lactones) is 1. The van der Waals surface area contributed by atoms with Crippen molar-refractivity contribution in [2.24, 2.45) is 0 Å². The van der Waals surface area contributed by atoms with Gasteiger partial charge in [-0.25, -0.2) is 0 Å². The van der Waals surface area contributed by atoms with Crippen LogP contribution in [0.25, 0.3) is 0 Å². The number of esters is 1. The SMILES string of the molecule is C[C@@]1(O[C@H]2O[C@H](CO)[C@@H](O)[C@H](O)[C@H]2O)CCOC(=O)C1. The van der Waals surface area contributed by atoms with E-state index >= 15 is 0 Å². The summed E-state index contributed by atoms with van der Waals surface area (Å²) in [7, 11) is 0. The second-order valence-electron chi connectivity index (χ2n) is 5.41. The maximum atomic E-state index is 11.3. The van der Waals surface area contributed by atoms with Gasteiger partial charge in [0.15, 0.2) is 6.29 Å². The van der Waals surface area contributed by atoms with Gasteiger partial charge in [0.25, 0.3) is 0 Å². The van der Waals surface area contributed by atoms with Gasteiger partial charge in [0.05, 0.1) is 25.2 Å². The number of carbonyl (C=O) groups is 1. The predicted molar refractivity (Wildman–Crippen MR) is 63.5 cm³/mol. The highest BCUT2D eigenvalue weighted by molar-refractivity contribution is 5.71. The molecular formula is C12H20O8. The molecule has 0 unspecified atom stereocenters. The van der Waals surface area contributed by atoms with Gasteiger partial charge in [0.1, 0.15) is 24.4 Å². The summed E-state index contributed by atoms with van der Waals surface area (Å²) in [6, 6.07) is 0. The lowest BCUT2D eigenvalue weighted by Gasteiger charge is -2.44. The molecule has 4 N–H and O–H groups in total. The van der Waals surface area contributed by atoms with Crippen LogP contribution in [0.2, 0.25) is 0 Å². The Bertz CT molecular complexity index is 359. The van der Waals surface area contributed by atoms with Crippen molar-refractivity contribution in [3.05, 3.63) is 0 Å². The monoisotopic (exact) mass is 292 g/mol. The van der Waals surface area contributed by atoms with Crippen molar-refractivity contribution in [2.45, 2.75) is 56.1 Å². The van der Waals surface area contributed by atoms with Crippen molar-refractivity contribution < 1.29 is 39.4 Å². The number of hydrogen-bond donors (Lipinski definition) is 4.